The van der Waals surface area contributed by atoms with Crippen LogP contribution in [0.4, 0.5) is 0 Å². The van der Waals surface area contributed by atoms with Gasteiger partial charge in [-0.1, -0.05) is 0 Å². The van der Waals surface area contributed by atoms with Crippen molar-refractivity contribution in [2.75, 3.05) is 33.2 Å². The maximum atomic E-state index is 11.3. The molecule has 1 atom stereocenters. The number of carbonyl (C=O) groups excluding carboxylic acids is 2. The topological polar surface area (TPSA) is 85.2 Å². The van der Waals surface area contributed by atoms with Gasteiger partial charge < -0.3 is 15.5 Å². The van der Waals surface area contributed by atoms with E-state index in [2.05, 4.69) is 15.5 Å². The van der Waals surface area contributed by atoms with Gasteiger partial charge >= 0.3 is 11.8 Å². The minimum absolute atomic E-state index is 0.140. The van der Waals surface area contributed by atoms with Crippen molar-refractivity contribution >= 4 is 11.8 Å². The summed E-state index contributed by atoms with van der Waals surface area (Å²) in [5.74, 6) is -0.995. The van der Waals surface area contributed by atoms with Gasteiger partial charge in [-0.25, -0.2) is 0 Å². The first-order valence-electron chi connectivity index (χ1n) is 5.75. The molecule has 1 rings (SSSR count). The second-order valence-corrected chi connectivity index (χ2v) is 4.32. The molecule has 2 N–H and O–H groups in total. The normalized spacial score (nSPS) is 20.4. The summed E-state index contributed by atoms with van der Waals surface area (Å²) >= 11 is 0. The van der Waals surface area contributed by atoms with Gasteiger partial charge in [0.05, 0.1) is 6.07 Å². The van der Waals surface area contributed by atoms with Gasteiger partial charge in [0.25, 0.3) is 0 Å². The van der Waals surface area contributed by atoms with Crippen LogP contribution in [0.25, 0.3) is 0 Å². The first-order valence-corrected chi connectivity index (χ1v) is 5.75. The van der Waals surface area contributed by atoms with E-state index in [1.54, 1.807) is 6.07 Å². The summed E-state index contributed by atoms with van der Waals surface area (Å²) in [4.78, 5) is 24.7. The van der Waals surface area contributed by atoms with E-state index in [-0.39, 0.29) is 6.54 Å². The minimum Gasteiger partial charge on any atom is -0.348 e. The van der Waals surface area contributed by atoms with Crippen LogP contribution < -0.4 is 10.6 Å². The zero-order valence-corrected chi connectivity index (χ0v) is 10.0. The summed E-state index contributed by atoms with van der Waals surface area (Å²) in [6.45, 7) is 2.41. The van der Waals surface area contributed by atoms with E-state index in [1.165, 1.54) is 0 Å². The predicted octanol–water partition coefficient (Wildman–Crippen LogP) is -0.916. The van der Waals surface area contributed by atoms with Crippen LogP contribution in [0.2, 0.25) is 0 Å². The third-order valence-corrected chi connectivity index (χ3v) is 2.81. The molecule has 1 fully saturated rings. The number of likely N-dealkylation sites (tertiary alicyclic amines) is 1. The maximum Gasteiger partial charge on any atom is 0.310 e. The molecule has 94 valence electrons. The fourth-order valence-electron chi connectivity index (χ4n) is 1.96. The van der Waals surface area contributed by atoms with Gasteiger partial charge in [0.1, 0.15) is 6.54 Å². The highest BCUT2D eigenvalue weighted by molar-refractivity contribution is 6.35. The van der Waals surface area contributed by atoms with Crippen molar-refractivity contribution in [3.8, 4) is 6.07 Å². The number of nitriles is 1. The van der Waals surface area contributed by atoms with Crippen molar-refractivity contribution in [1.82, 2.24) is 15.5 Å². The molecule has 0 aromatic rings. The Morgan fingerprint density at radius 3 is 2.76 bits per heavy atom. The Labute approximate surface area is 101 Å². The number of nitrogens with one attached hydrogen (secondary N) is 2. The zero-order chi connectivity index (χ0) is 12.7. The van der Waals surface area contributed by atoms with Crippen LogP contribution in [0.15, 0.2) is 0 Å². The van der Waals surface area contributed by atoms with Crippen LogP contribution in [0.5, 0.6) is 0 Å². The van der Waals surface area contributed by atoms with E-state index < -0.39 is 11.8 Å². The van der Waals surface area contributed by atoms with Crippen molar-refractivity contribution in [2.45, 2.75) is 12.8 Å². The summed E-state index contributed by atoms with van der Waals surface area (Å²) in [6.07, 6.45) is 2.20. The summed E-state index contributed by atoms with van der Waals surface area (Å²) in [6, 6.07) is 1.75. The van der Waals surface area contributed by atoms with Crippen LogP contribution in [0.1, 0.15) is 12.8 Å². The fraction of sp³-hybridized carbons (Fsp3) is 0.727. The second kappa shape index (κ2) is 6.86. The van der Waals surface area contributed by atoms with Crippen LogP contribution >= 0.6 is 0 Å². The summed E-state index contributed by atoms with van der Waals surface area (Å²) in [5, 5.41) is 13.1. The summed E-state index contributed by atoms with van der Waals surface area (Å²) in [5.41, 5.74) is 0. The lowest BCUT2D eigenvalue weighted by Gasteiger charge is -2.29. The minimum atomic E-state index is -0.740. The summed E-state index contributed by atoms with van der Waals surface area (Å²) in [7, 11) is 2.05. The lowest BCUT2D eigenvalue weighted by molar-refractivity contribution is -0.139. The Hall–Kier alpha value is -1.61. The number of carbonyl (C=O) groups is 2. The average Bonchev–Trinajstić information content (AvgIpc) is 2.33. The number of rotatable bonds is 3. The molecule has 0 bridgehead atoms. The highest BCUT2D eigenvalue weighted by Gasteiger charge is 2.19. The molecule has 1 heterocycles. The van der Waals surface area contributed by atoms with Gasteiger partial charge in [0.2, 0.25) is 0 Å². The van der Waals surface area contributed by atoms with Gasteiger partial charge in [-0.15, -0.1) is 0 Å². The largest absolute Gasteiger partial charge is 0.348 e. The van der Waals surface area contributed by atoms with Gasteiger partial charge in [-0.2, -0.15) is 5.26 Å². The third-order valence-electron chi connectivity index (χ3n) is 2.81. The van der Waals surface area contributed by atoms with Crippen LogP contribution in [0, 0.1) is 17.2 Å². The molecule has 1 aliphatic rings. The molecule has 0 spiro atoms. The number of amides is 2. The van der Waals surface area contributed by atoms with Gasteiger partial charge in [-0.05, 0) is 32.4 Å². The van der Waals surface area contributed by atoms with Crippen molar-refractivity contribution in [1.29, 1.82) is 5.26 Å². The van der Waals surface area contributed by atoms with E-state index >= 15 is 0 Å². The van der Waals surface area contributed by atoms with Crippen molar-refractivity contribution in [2.24, 2.45) is 5.92 Å². The highest BCUT2D eigenvalue weighted by Crippen LogP contribution is 2.13. The standard InChI is InChI=1S/C11H18N4O2/c1-15-6-2-3-9(8-15)7-14-11(17)10(16)13-5-4-12/h9H,2-3,5-8H2,1H3,(H,13,16)(H,14,17). The molecule has 6 heteroatoms. The van der Waals surface area contributed by atoms with Gasteiger partial charge in [-0.3, -0.25) is 9.59 Å². The summed E-state index contributed by atoms with van der Waals surface area (Å²) < 4.78 is 0. The molecule has 0 aliphatic carbocycles. The van der Waals surface area contributed by atoms with Gasteiger partial charge in [0.15, 0.2) is 0 Å². The maximum absolute atomic E-state index is 11.3. The number of hydrogen-bond donors (Lipinski definition) is 2. The monoisotopic (exact) mass is 238 g/mol. The molecule has 1 unspecified atom stereocenters. The fourth-order valence-corrected chi connectivity index (χ4v) is 1.96. The van der Waals surface area contributed by atoms with Gasteiger partial charge in [0, 0.05) is 13.1 Å². The Balaban J connectivity index is 2.23. The molecule has 0 aromatic carbocycles. The molecule has 0 saturated carbocycles. The van der Waals surface area contributed by atoms with Crippen LogP contribution in [-0.2, 0) is 9.59 Å². The molecule has 1 aliphatic heterocycles. The van der Waals surface area contributed by atoms with E-state index in [9.17, 15) is 9.59 Å². The Morgan fingerprint density at radius 1 is 1.41 bits per heavy atom. The van der Waals surface area contributed by atoms with E-state index in [1.807, 2.05) is 7.05 Å². The number of piperidine rings is 1. The molecule has 0 aromatic heterocycles. The highest BCUT2D eigenvalue weighted by atomic mass is 16.2. The van der Waals surface area contributed by atoms with Crippen molar-refractivity contribution in [3.05, 3.63) is 0 Å². The van der Waals surface area contributed by atoms with Crippen LogP contribution in [-0.4, -0.2) is 49.9 Å². The van der Waals surface area contributed by atoms with E-state index in [4.69, 9.17) is 5.26 Å². The lowest BCUT2D eigenvalue weighted by atomic mass is 9.98. The molecule has 6 nitrogen and oxygen atoms in total. The lowest BCUT2D eigenvalue weighted by Crippen LogP contribution is -2.44. The zero-order valence-electron chi connectivity index (χ0n) is 10.0. The molecule has 0 radical (unpaired) electrons. The van der Waals surface area contributed by atoms with E-state index in [0.717, 1.165) is 25.9 Å². The van der Waals surface area contributed by atoms with E-state index in [0.29, 0.717) is 12.5 Å². The first-order chi connectivity index (χ1) is 8.13. The van der Waals surface area contributed by atoms with Crippen molar-refractivity contribution in [3.63, 3.8) is 0 Å². The Morgan fingerprint density at radius 2 is 2.12 bits per heavy atom. The first kappa shape index (κ1) is 13.5. The molecule has 1 saturated heterocycles. The number of hydrogen-bond acceptors (Lipinski definition) is 4. The predicted molar refractivity (Wildman–Crippen MR) is 61.9 cm³/mol. The van der Waals surface area contributed by atoms with Crippen molar-refractivity contribution < 1.29 is 9.59 Å². The SMILES string of the molecule is CN1CCCC(CNC(=O)C(=O)NCC#N)C1. The average molecular weight is 238 g/mol. The van der Waals surface area contributed by atoms with Crippen LogP contribution in [0.3, 0.4) is 0 Å². The second-order valence-electron chi connectivity index (χ2n) is 4.32. The number of nitrogens with zero attached hydrogens (tertiary/aromatic N) is 2. The Bertz CT molecular complexity index is 324. The third kappa shape index (κ3) is 4.83. The Kier molecular flexibility index (Phi) is 5.43. The smallest absolute Gasteiger partial charge is 0.310 e. The molecular formula is C11H18N4O2. The molecular weight excluding hydrogens is 220 g/mol. The quantitative estimate of drug-likeness (QED) is 0.492. The molecule has 17 heavy (non-hydrogen) atoms. The molecule has 2 amide bonds.